The zero-order chi connectivity index (χ0) is 14.4. The van der Waals surface area contributed by atoms with Crippen molar-refractivity contribution in [1.29, 1.82) is 0 Å². The SMILES string of the molecule is CCCC1CN=C(NC(C)(C)CCc2ccccc2)S1. The normalized spacial score (nSPS) is 18.9. The third-order valence-electron chi connectivity index (χ3n) is 3.65. The highest BCUT2D eigenvalue weighted by Gasteiger charge is 2.24. The number of hydrogen-bond acceptors (Lipinski definition) is 3. The van der Waals surface area contributed by atoms with Gasteiger partial charge in [0, 0.05) is 10.8 Å². The molecule has 0 amide bonds. The molecule has 0 saturated heterocycles. The smallest absolute Gasteiger partial charge is 0.157 e. The summed E-state index contributed by atoms with van der Waals surface area (Å²) in [5.74, 6) is 0. The summed E-state index contributed by atoms with van der Waals surface area (Å²) in [6.45, 7) is 7.77. The van der Waals surface area contributed by atoms with Crippen molar-refractivity contribution in [2.24, 2.45) is 4.99 Å². The Kier molecular flexibility index (Phi) is 5.53. The van der Waals surface area contributed by atoms with Gasteiger partial charge in [-0.3, -0.25) is 4.99 Å². The monoisotopic (exact) mass is 290 g/mol. The first-order valence-electron chi connectivity index (χ1n) is 7.62. The van der Waals surface area contributed by atoms with E-state index in [1.54, 1.807) is 0 Å². The van der Waals surface area contributed by atoms with Gasteiger partial charge in [0.15, 0.2) is 5.17 Å². The molecule has 1 unspecified atom stereocenters. The van der Waals surface area contributed by atoms with Gasteiger partial charge in [-0.05, 0) is 38.7 Å². The molecule has 1 atom stereocenters. The molecule has 1 aromatic carbocycles. The minimum atomic E-state index is 0.1000. The van der Waals surface area contributed by atoms with Crippen molar-refractivity contribution in [3.8, 4) is 0 Å². The number of benzene rings is 1. The molecule has 2 nitrogen and oxygen atoms in total. The largest absolute Gasteiger partial charge is 0.360 e. The van der Waals surface area contributed by atoms with Crippen LogP contribution in [0.3, 0.4) is 0 Å². The zero-order valence-corrected chi connectivity index (χ0v) is 13.7. The molecule has 0 aromatic heterocycles. The summed E-state index contributed by atoms with van der Waals surface area (Å²) in [5.41, 5.74) is 1.51. The van der Waals surface area contributed by atoms with Gasteiger partial charge < -0.3 is 5.32 Å². The molecule has 3 heteroatoms. The lowest BCUT2D eigenvalue weighted by atomic mass is 9.95. The van der Waals surface area contributed by atoms with E-state index in [4.69, 9.17) is 0 Å². The molecule has 20 heavy (non-hydrogen) atoms. The molecule has 1 aliphatic rings. The van der Waals surface area contributed by atoms with E-state index in [9.17, 15) is 0 Å². The summed E-state index contributed by atoms with van der Waals surface area (Å²) >= 11 is 1.92. The fraction of sp³-hybridized carbons (Fsp3) is 0.588. The van der Waals surface area contributed by atoms with Crippen molar-refractivity contribution in [3.05, 3.63) is 35.9 Å². The summed E-state index contributed by atoms with van der Waals surface area (Å²) in [5, 5.41) is 5.45. The number of hydrogen-bond donors (Lipinski definition) is 1. The maximum Gasteiger partial charge on any atom is 0.157 e. The van der Waals surface area contributed by atoms with Crippen LogP contribution in [0.2, 0.25) is 0 Å². The molecule has 1 aromatic rings. The number of amidine groups is 1. The minimum absolute atomic E-state index is 0.1000. The molecule has 2 rings (SSSR count). The summed E-state index contributed by atoms with van der Waals surface area (Å²) < 4.78 is 0. The number of nitrogens with zero attached hydrogens (tertiary/aromatic N) is 1. The second kappa shape index (κ2) is 7.16. The predicted octanol–water partition coefficient (Wildman–Crippen LogP) is 4.26. The molecule has 1 N–H and O–H groups in total. The van der Waals surface area contributed by atoms with E-state index in [1.807, 2.05) is 11.8 Å². The minimum Gasteiger partial charge on any atom is -0.360 e. The van der Waals surface area contributed by atoms with E-state index >= 15 is 0 Å². The van der Waals surface area contributed by atoms with Gasteiger partial charge in [0.2, 0.25) is 0 Å². The van der Waals surface area contributed by atoms with Gasteiger partial charge in [0.1, 0.15) is 0 Å². The van der Waals surface area contributed by atoms with Crippen LogP contribution in [0, 0.1) is 0 Å². The lowest BCUT2D eigenvalue weighted by Gasteiger charge is -2.27. The van der Waals surface area contributed by atoms with Gasteiger partial charge in [-0.25, -0.2) is 0 Å². The fourth-order valence-corrected chi connectivity index (χ4v) is 3.71. The average Bonchev–Trinajstić information content (AvgIpc) is 2.85. The van der Waals surface area contributed by atoms with Gasteiger partial charge in [-0.15, -0.1) is 0 Å². The van der Waals surface area contributed by atoms with Gasteiger partial charge in [-0.2, -0.15) is 0 Å². The number of thioether (sulfide) groups is 1. The zero-order valence-electron chi connectivity index (χ0n) is 12.9. The van der Waals surface area contributed by atoms with Crippen LogP contribution in [0.25, 0.3) is 0 Å². The quantitative estimate of drug-likeness (QED) is 0.846. The summed E-state index contributed by atoms with van der Waals surface area (Å²) in [7, 11) is 0. The molecule has 0 bridgehead atoms. The Morgan fingerprint density at radius 3 is 2.75 bits per heavy atom. The van der Waals surface area contributed by atoms with E-state index in [0.29, 0.717) is 5.25 Å². The summed E-state index contributed by atoms with van der Waals surface area (Å²) in [6, 6.07) is 10.7. The molecule has 0 radical (unpaired) electrons. The fourth-order valence-electron chi connectivity index (χ4n) is 2.41. The molecule has 0 saturated carbocycles. The van der Waals surface area contributed by atoms with Crippen molar-refractivity contribution >= 4 is 16.9 Å². The molecule has 0 fully saturated rings. The van der Waals surface area contributed by atoms with E-state index in [0.717, 1.165) is 24.6 Å². The lowest BCUT2D eigenvalue weighted by molar-refractivity contribution is 0.428. The van der Waals surface area contributed by atoms with Crippen LogP contribution in [0.4, 0.5) is 0 Å². The molecule has 0 spiro atoms. The van der Waals surface area contributed by atoms with Crippen molar-refractivity contribution in [1.82, 2.24) is 5.32 Å². The van der Waals surface area contributed by atoms with Crippen LogP contribution in [0.5, 0.6) is 0 Å². The Labute approximate surface area is 127 Å². The first kappa shape index (κ1) is 15.4. The Balaban J connectivity index is 1.79. The highest BCUT2D eigenvalue weighted by molar-refractivity contribution is 8.14. The van der Waals surface area contributed by atoms with Crippen LogP contribution in [0.1, 0.15) is 45.6 Å². The molecule has 1 aliphatic heterocycles. The van der Waals surface area contributed by atoms with Gasteiger partial charge in [-0.1, -0.05) is 55.4 Å². The Morgan fingerprint density at radius 2 is 2.05 bits per heavy atom. The van der Waals surface area contributed by atoms with Crippen LogP contribution in [-0.2, 0) is 6.42 Å². The van der Waals surface area contributed by atoms with Crippen LogP contribution in [0.15, 0.2) is 35.3 Å². The number of nitrogens with one attached hydrogen (secondary N) is 1. The van der Waals surface area contributed by atoms with E-state index in [-0.39, 0.29) is 5.54 Å². The standard InChI is InChI=1S/C17H26N2S/c1-4-8-15-13-18-16(20-15)19-17(2,3)12-11-14-9-6-5-7-10-14/h5-7,9-10,15H,4,8,11-13H2,1-3H3,(H,18,19). The van der Waals surface area contributed by atoms with E-state index in [2.05, 4.69) is 61.4 Å². The lowest BCUT2D eigenvalue weighted by Crippen LogP contribution is -2.42. The molecular weight excluding hydrogens is 264 g/mol. The topological polar surface area (TPSA) is 24.4 Å². The Bertz CT molecular complexity index is 440. The van der Waals surface area contributed by atoms with Crippen molar-refractivity contribution in [2.45, 2.75) is 57.2 Å². The van der Waals surface area contributed by atoms with Crippen LogP contribution in [-0.4, -0.2) is 22.5 Å². The highest BCUT2D eigenvalue weighted by Crippen LogP contribution is 2.25. The molecule has 1 heterocycles. The number of rotatable bonds is 6. The van der Waals surface area contributed by atoms with Crippen molar-refractivity contribution < 1.29 is 0 Å². The molecule has 110 valence electrons. The first-order chi connectivity index (χ1) is 9.59. The third kappa shape index (κ3) is 4.86. The average molecular weight is 290 g/mol. The molecular formula is C17H26N2S. The van der Waals surface area contributed by atoms with Gasteiger partial charge >= 0.3 is 0 Å². The number of aliphatic imine (C=N–C) groups is 1. The second-order valence-electron chi connectivity index (χ2n) is 6.17. The van der Waals surface area contributed by atoms with Gasteiger partial charge in [0.25, 0.3) is 0 Å². The Hall–Kier alpha value is -0.960. The number of aryl methyl sites for hydroxylation is 1. The Morgan fingerprint density at radius 1 is 1.30 bits per heavy atom. The highest BCUT2D eigenvalue weighted by atomic mass is 32.2. The van der Waals surface area contributed by atoms with Crippen LogP contribution < -0.4 is 5.32 Å². The third-order valence-corrected chi connectivity index (χ3v) is 4.83. The maximum absolute atomic E-state index is 4.64. The summed E-state index contributed by atoms with van der Waals surface area (Å²) in [4.78, 5) is 4.64. The van der Waals surface area contributed by atoms with Gasteiger partial charge in [0.05, 0.1) is 6.54 Å². The van der Waals surface area contributed by atoms with Crippen molar-refractivity contribution in [2.75, 3.05) is 6.54 Å². The second-order valence-corrected chi connectivity index (χ2v) is 7.46. The van der Waals surface area contributed by atoms with Crippen molar-refractivity contribution in [3.63, 3.8) is 0 Å². The predicted molar refractivity (Wildman–Crippen MR) is 90.6 cm³/mol. The van der Waals surface area contributed by atoms with Crippen LogP contribution >= 0.6 is 11.8 Å². The first-order valence-corrected chi connectivity index (χ1v) is 8.50. The maximum atomic E-state index is 4.64. The molecule has 0 aliphatic carbocycles. The van der Waals surface area contributed by atoms with E-state index < -0.39 is 0 Å². The van der Waals surface area contributed by atoms with E-state index in [1.165, 1.54) is 18.4 Å². The summed E-state index contributed by atoms with van der Waals surface area (Å²) in [6.07, 6.45) is 4.74.